The zero-order valence-corrected chi connectivity index (χ0v) is 18.5. The third-order valence-corrected chi connectivity index (χ3v) is 5.83. The summed E-state index contributed by atoms with van der Waals surface area (Å²) in [5.41, 5.74) is 1.59. The van der Waals surface area contributed by atoms with Crippen LogP contribution in [0.1, 0.15) is 37.1 Å². The highest BCUT2D eigenvalue weighted by Crippen LogP contribution is 2.29. The van der Waals surface area contributed by atoms with Gasteiger partial charge in [-0.1, -0.05) is 30.3 Å². The van der Waals surface area contributed by atoms with Gasteiger partial charge < -0.3 is 25.1 Å². The van der Waals surface area contributed by atoms with Gasteiger partial charge in [0.1, 0.15) is 5.76 Å². The number of nitrogens with zero attached hydrogens (tertiary/aromatic N) is 1. The Kier molecular flexibility index (Phi) is 7.09. The fourth-order valence-corrected chi connectivity index (χ4v) is 4.31. The highest BCUT2D eigenvalue weighted by molar-refractivity contribution is 5.95. The normalized spacial score (nSPS) is 20.8. The molecule has 0 saturated carbocycles. The van der Waals surface area contributed by atoms with E-state index in [2.05, 4.69) is 16.0 Å². The summed E-state index contributed by atoms with van der Waals surface area (Å²) in [5.74, 6) is 0.0745. The van der Waals surface area contributed by atoms with Gasteiger partial charge in [0, 0.05) is 12.2 Å². The minimum absolute atomic E-state index is 0.109. The van der Waals surface area contributed by atoms with E-state index in [1.807, 2.05) is 35.2 Å². The molecule has 1 saturated heterocycles. The topological polar surface area (TPSA) is 113 Å². The number of hydrogen-bond donors (Lipinski definition) is 3. The summed E-state index contributed by atoms with van der Waals surface area (Å²) in [6.07, 6.45) is 3.10. The zero-order valence-electron chi connectivity index (χ0n) is 18.5. The summed E-state index contributed by atoms with van der Waals surface area (Å²) in [4.78, 5) is 40.3. The zero-order chi connectivity index (χ0) is 23.2. The first kappa shape index (κ1) is 22.6. The number of esters is 1. The SMILES string of the molecule is CCOC(=O)C1=C(CN2CCC[C@H]2C(=O)NCc2ccco2)NC(=O)N[C@@H]1c1ccccc1. The molecule has 4 rings (SSSR count). The smallest absolute Gasteiger partial charge is 0.338 e. The fourth-order valence-electron chi connectivity index (χ4n) is 4.31. The Morgan fingerprint density at radius 2 is 2.03 bits per heavy atom. The highest BCUT2D eigenvalue weighted by atomic mass is 16.5. The summed E-state index contributed by atoms with van der Waals surface area (Å²) in [7, 11) is 0. The molecule has 3 N–H and O–H groups in total. The Labute approximate surface area is 192 Å². The number of amides is 3. The van der Waals surface area contributed by atoms with Crippen LogP contribution in [0.4, 0.5) is 4.79 Å². The van der Waals surface area contributed by atoms with Crippen LogP contribution < -0.4 is 16.0 Å². The average molecular weight is 453 g/mol. The molecule has 1 aromatic heterocycles. The number of urea groups is 1. The molecule has 1 fully saturated rings. The molecule has 0 spiro atoms. The third-order valence-electron chi connectivity index (χ3n) is 5.83. The molecule has 9 nitrogen and oxygen atoms in total. The Morgan fingerprint density at radius 1 is 1.21 bits per heavy atom. The number of carbonyl (C=O) groups is 3. The van der Waals surface area contributed by atoms with Crippen molar-refractivity contribution in [3.63, 3.8) is 0 Å². The molecule has 0 radical (unpaired) electrons. The van der Waals surface area contributed by atoms with Crippen molar-refractivity contribution in [2.24, 2.45) is 0 Å². The molecule has 2 aromatic rings. The van der Waals surface area contributed by atoms with Gasteiger partial charge in [-0.25, -0.2) is 9.59 Å². The first-order chi connectivity index (χ1) is 16.1. The van der Waals surface area contributed by atoms with E-state index in [-0.39, 0.29) is 25.1 Å². The Balaban J connectivity index is 1.57. The Hall–Kier alpha value is -3.59. The van der Waals surface area contributed by atoms with E-state index in [9.17, 15) is 14.4 Å². The van der Waals surface area contributed by atoms with Crippen LogP contribution in [-0.2, 0) is 20.9 Å². The van der Waals surface area contributed by atoms with Crippen molar-refractivity contribution in [2.75, 3.05) is 19.7 Å². The van der Waals surface area contributed by atoms with Crippen LogP contribution in [0.15, 0.2) is 64.4 Å². The molecule has 0 unspecified atom stereocenters. The molecule has 2 aliphatic heterocycles. The quantitative estimate of drug-likeness (QED) is 0.530. The Morgan fingerprint density at radius 3 is 2.76 bits per heavy atom. The van der Waals surface area contributed by atoms with Gasteiger partial charge in [0.2, 0.25) is 5.91 Å². The van der Waals surface area contributed by atoms with Crippen LogP contribution >= 0.6 is 0 Å². The first-order valence-corrected chi connectivity index (χ1v) is 11.1. The number of furan rings is 1. The van der Waals surface area contributed by atoms with E-state index >= 15 is 0 Å². The maximum atomic E-state index is 12.9. The van der Waals surface area contributed by atoms with E-state index in [4.69, 9.17) is 9.15 Å². The molecule has 0 aliphatic carbocycles. The van der Waals surface area contributed by atoms with Crippen molar-refractivity contribution in [3.05, 3.63) is 71.3 Å². The monoisotopic (exact) mass is 452 g/mol. The summed E-state index contributed by atoms with van der Waals surface area (Å²) in [6, 6.07) is 11.5. The number of benzene rings is 1. The maximum absolute atomic E-state index is 12.9. The van der Waals surface area contributed by atoms with Gasteiger partial charge in [-0.05, 0) is 44.0 Å². The minimum atomic E-state index is -0.636. The molecule has 174 valence electrons. The van der Waals surface area contributed by atoms with Crippen LogP contribution in [0.25, 0.3) is 0 Å². The van der Waals surface area contributed by atoms with Crippen LogP contribution in [0.3, 0.4) is 0 Å². The molecule has 9 heteroatoms. The molecule has 0 bridgehead atoms. The molecule has 33 heavy (non-hydrogen) atoms. The van der Waals surface area contributed by atoms with Crippen molar-refractivity contribution in [1.82, 2.24) is 20.9 Å². The molecule has 3 amide bonds. The number of carbonyl (C=O) groups excluding carboxylic acids is 3. The lowest BCUT2D eigenvalue weighted by Crippen LogP contribution is -2.50. The molecule has 2 atom stereocenters. The van der Waals surface area contributed by atoms with Gasteiger partial charge in [-0.15, -0.1) is 0 Å². The number of hydrogen-bond acceptors (Lipinski definition) is 6. The first-order valence-electron chi connectivity index (χ1n) is 11.1. The second kappa shape index (κ2) is 10.4. The van der Waals surface area contributed by atoms with Crippen LogP contribution in [0, 0.1) is 0 Å². The molecular weight excluding hydrogens is 424 g/mol. The summed E-state index contributed by atoms with van der Waals surface area (Å²) >= 11 is 0. The van der Waals surface area contributed by atoms with Gasteiger partial charge >= 0.3 is 12.0 Å². The van der Waals surface area contributed by atoms with Crippen LogP contribution in [0.5, 0.6) is 0 Å². The van der Waals surface area contributed by atoms with Gasteiger partial charge in [0.15, 0.2) is 0 Å². The lowest BCUT2D eigenvalue weighted by Gasteiger charge is -2.32. The number of likely N-dealkylation sites (tertiary alicyclic amines) is 1. The van der Waals surface area contributed by atoms with Gasteiger partial charge in [0.25, 0.3) is 0 Å². The van der Waals surface area contributed by atoms with Crippen molar-refractivity contribution in [1.29, 1.82) is 0 Å². The third kappa shape index (κ3) is 5.25. The largest absolute Gasteiger partial charge is 0.467 e. The number of rotatable bonds is 8. The Bertz CT molecular complexity index is 1020. The molecule has 3 heterocycles. The van der Waals surface area contributed by atoms with Gasteiger partial charge in [-0.3, -0.25) is 9.69 Å². The lowest BCUT2D eigenvalue weighted by atomic mass is 9.95. The van der Waals surface area contributed by atoms with Crippen molar-refractivity contribution in [3.8, 4) is 0 Å². The van der Waals surface area contributed by atoms with Gasteiger partial charge in [-0.2, -0.15) is 0 Å². The van der Waals surface area contributed by atoms with E-state index < -0.39 is 18.0 Å². The standard InChI is InChI=1S/C24H28N4O5/c1-2-32-23(30)20-18(26-24(31)27-21(20)16-8-4-3-5-9-16)15-28-12-6-11-19(28)22(29)25-14-17-10-7-13-33-17/h3-5,7-10,13,19,21H,2,6,11-12,14-15H2,1H3,(H,25,29)(H2,26,27,31)/t19-,21+/m0/s1. The maximum Gasteiger partial charge on any atom is 0.338 e. The van der Waals surface area contributed by atoms with Crippen molar-refractivity contribution < 1.29 is 23.5 Å². The number of nitrogens with one attached hydrogen (secondary N) is 3. The second-order valence-electron chi connectivity index (χ2n) is 7.98. The van der Waals surface area contributed by atoms with E-state index in [1.165, 1.54) is 0 Å². The van der Waals surface area contributed by atoms with Crippen LogP contribution in [0.2, 0.25) is 0 Å². The lowest BCUT2D eigenvalue weighted by molar-refractivity contribution is -0.139. The average Bonchev–Trinajstić information content (AvgIpc) is 3.50. The van der Waals surface area contributed by atoms with E-state index in [0.29, 0.717) is 36.5 Å². The van der Waals surface area contributed by atoms with Gasteiger partial charge in [0.05, 0.1) is 37.1 Å². The van der Waals surface area contributed by atoms with Crippen molar-refractivity contribution in [2.45, 2.75) is 38.4 Å². The molecule has 2 aliphatic rings. The van der Waals surface area contributed by atoms with E-state index in [1.54, 1.807) is 25.3 Å². The molecule has 1 aromatic carbocycles. The fraction of sp³-hybridized carbons (Fsp3) is 0.375. The highest BCUT2D eigenvalue weighted by Gasteiger charge is 2.37. The second-order valence-corrected chi connectivity index (χ2v) is 7.98. The predicted molar refractivity (Wildman–Crippen MR) is 120 cm³/mol. The number of ether oxygens (including phenoxy) is 1. The summed E-state index contributed by atoms with van der Waals surface area (Å²) < 4.78 is 10.6. The van der Waals surface area contributed by atoms with E-state index in [0.717, 1.165) is 12.0 Å². The minimum Gasteiger partial charge on any atom is -0.467 e. The van der Waals surface area contributed by atoms with Crippen LogP contribution in [-0.4, -0.2) is 48.5 Å². The summed E-state index contributed by atoms with van der Waals surface area (Å²) in [6.45, 7) is 3.20. The molecular formula is C24H28N4O5. The summed E-state index contributed by atoms with van der Waals surface area (Å²) in [5, 5.41) is 8.53. The van der Waals surface area contributed by atoms with Crippen molar-refractivity contribution >= 4 is 17.9 Å². The predicted octanol–water partition coefficient (Wildman–Crippen LogP) is 2.23.